The van der Waals surface area contributed by atoms with Crippen molar-refractivity contribution in [2.75, 3.05) is 5.75 Å². The van der Waals surface area contributed by atoms with Crippen LogP contribution in [0.15, 0.2) is 33.9 Å². The summed E-state index contributed by atoms with van der Waals surface area (Å²) in [7, 11) is 0. The van der Waals surface area contributed by atoms with Crippen molar-refractivity contribution in [2.45, 2.75) is 26.0 Å². The zero-order valence-electron chi connectivity index (χ0n) is 15.8. The smallest absolute Gasteiger partial charge is 0.277 e. The third kappa shape index (κ3) is 3.63. The van der Waals surface area contributed by atoms with E-state index in [-0.39, 0.29) is 22.5 Å². The number of carbonyl (C=O) groups excluding carboxylic acids is 2. The number of thiophene rings is 1. The number of hydrogen-bond acceptors (Lipinski definition) is 7. The summed E-state index contributed by atoms with van der Waals surface area (Å²) in [6, 6.07) is 7.79. The molecule has 0 atom stereocenters. The molecule has 0 saturated carbocycles. The second-order valence-corrected chi connectivity index (χ2v) is 8.86. The molecule has 9 heteroatoms. The van der Waals surface area contributed by atoms with Crippen molar-refractivity contribution in [1.29, 1.82) is 0 Å². The molecule has 3 aromatic heterocycles. The van der Waals surface area contributed by atoms with Crippen molar-refractivity contribution in [1.82, 2.24) is 15.2 Å². The van der Waals surface area contributed by atoms with Gasteiger partial charge in [-0.1, -0.05) is 41.6 Å². The molecule has 6 nitrogen and oxygen atoms in total. The molecular weight excluding hydrogens is 430 g/mol. The maximum Gasteiger partial charge on any atom is 0.277 e. The van der Waals surface area contributed by atoms with Crippen molar-refractivity contribution in [2.24, 2.45) is 0 Å². The van der Waals surface area contributed by atoms with Crippen LogP contribution in [0.2, 0.25) is 5.02 Å². The van der Waals surface area contributed by atoms with Crippen LogP contribution in [0.4, 0.5) is 0 Å². The summed E-state index contributed by atoms with van der Waals surface area (Å²) >= 11 is 9.09. The molecule has 0 saturated heterocycles. The van der Waals surface area contributed by atoms with Gasteiger partial charge in [-0.2, -0.15) is 0 Å². The van der Waals surface area contributed by atoms with E-state index in [1.807, 2.05) is 24.3 Å². The van der Waals surface area contributed by atoms with E-state index in [1.165, 1.54) is 18.3 Å². The van der Waals surface area contributed by atoms with E-state index in [4.69, 9.17) is 16.0 Å². The Morgan fingerprint density at radius 3 is 2.69 bits per heavy atom. The number of aromatic nitrogens is 3. The Bertz CT molecular complexity index is 1260. The molecule has 3 heterocycles. The van der Waals surface area contributed by atoms with Crippen LogP contribution in [0.3, 0.4) is 0 Å². The van der Waals surface area contributed by atoms with Crippen LogP contribution in [0.1, 0.15) is 39.0 Å². The third-order valence-electron chi connectivity index (χ3n) is 4.53. The summed E-state index contributed by atoms with van der Waals surface area (Å²) in [6.45, 7) is 5.05. The fourth-order valence-electron chi connectivity index (χ4n) is 3.27. The molecule has 0 aliphatic heterocycles. The number of H-pyrrole nitrogens is 1. The lowest BCUT2D eigenvalue weighted by atomic mass is 10.1. The highest BCUT2D eigenvalue weighted by molar-refractivity contribution is 7.99. The summed E-state index contributed by atoms with van der Waals surface area (Å²) in [5, 5.41) is 9.90. The molecule has 0 aliphatic carbocycles. The van der Waals surface area contributed by atoms with Gasteiger partial charge < -0.3 is 9.40 Å². The average molecular weight is 446 g/mol. The predicted molar refractivity (Wildman–Crippen MR) is 115 cm³/mol. The van der Waals surface area contributed by atoms with Gasteiger partial charge >= 0.3 is 0 Å². The number of carbonyl (C=O) groups is 2. The Labute approximate surface area is 179 Å². The number of aromatic amines is 1. The number of hydrogen-bond donors (Lipinski definition) is 1. The predicted octanol–water partition coefficient (Wildman–Crippen LogP) is 5.73. The lowest BCUT2D eigenvalue weighted by molar-refractivity contribution is 0.101. The molecule has 29 heavy (non-hydrogen) atoms. The van der Waals surface area contributed by atoms with Crippen LogP contribution in [-0.4, -0.2) is 32.5 Å². The molecule has 0 unspecified atom stereocenters. The number of ketones is 2. The first-order valence-electron chi connectivity index (χ1n) is 8.73. The summed E-state index contributed by atoms with van der Waals surface area (Å²) < 4.78 is 6.75. The molecule has 1 N–H and O–H groups in total. The lowest BCUT2D eigenvalue weighted by Gasteiger charge is -1.99. The zero-order valence-corrected chi connectivity index (χ0v) is 18.2. The molecule has 0 bridgehead atoms. The van der Waals surface area contributed by atoms with E-state index in [0.29, 0.717) is 38.3 Å². The van der Waals surface area contributed by atoms with Gasteiger partial charge in [-0.3, -0.25) is 9.59 Å². The van der Waals surface area contributed by atoms with Crippen LogP contribution >= 0.6 is 34.7 Å². The highest BCUT2D eigenvalue weighted by Crippen LogP contribution is 2.41. The number of Topliss-reactive ketones (excluding diaryl/α,β-unsaturated/α-hetero) is 2. The highest BCUT2D eigenvalue weighted by Gasteiger charge is 2.22. The maximum absolute atomic E-state index is 12.6. The standard InChI is InChI=1S/C20H16ClN3O3S2/c1-9-15(11(3)25)10(2)22-17(9)13(26)8-28-20-24-23-19(27-20)18-16(21)12-6-4-5-7-14(12)29-18/h4-7,22H,8H2,1-3H3. The monoisotopic (exact) mass is 445 g/mol. The minimum atomic E-state index is -0.136. The molecule has 0 radical (unpaired) electrons. The third-order valence-corrected chi connectivity index (χ3v) is 7.01. The minimum Gasteiger partial charge on any atom is -0.410 e. The Kier molecular flexibility index (Phi) is 5.33. The first-order valence-corrected chi connectivity index (χ1v) is 10.9. The largest absolute Gasteiger partial charge is 0.410 e. The van der Waals surface area contributed by atoms with Gasteiger partial charge in [-0.05, 0) is 32.4 Å². The van der Waals surface area contributed by atoms with E-state index < -0.39 is 0 Å². The Hall–Kier alpha value is -2.42. The number of nitrogens with zero attached hydrogens (tertiary/aromatic N) is 2. The molecule has 0 spiro atoms. The van der Waals surface area contributed by atoms with Crippen molar-refractivity contribution in [3.8, 4) is 10.8 Å². The van der Waals surface area contributed by atoms with Gasteiger partial charge in [0.05, 0.1) is 16.5 Å². The Morgan fingerprint density at radius 2 is 2.00 bits per heavy atom. The zero-order chi connectivity index (χ0) is 20.7. The number of rotatable bonds is 6. The van der Waals surface area contributed by atoms with Crippen LogP contribution in [0.5, 0.6) is 0 Å². The Balaban J connectivity index is 1.51. The van der Waals surface area contributed by atoms with Gasteiger partial charge in [-0.15, -0.1) is 21.5 Å². The first-order chi connectivity index (χ1) is 13.9. The van der Waals surface area contributed by atoms with Crippen molar-refractivity contribution >= 4 is 56.4 Å². The summed E-state index contributed by atoms with van der Waals surface area (Å²) in [5.41, 5.74) is 2.37. The van der Waals surface area contributed by atoms with Crippen LogP contribution in [0, 0.1) is 13.8 Å². The number of thioether (sulfide) groups is 1. The van der Waals surface area contributed by atoms with E-state index >= 15 is 0 Å². The van der Waals surface area contributed by atoms with Gasteiger partial charge in [0.1, 0.15) is 4.88 Å². The Morgan fingerprint density at radius 1 is 1.24 bits per heavy atom. The van der Waals surface area contributed by atoms with E-state index in [1.54, 1.807) is 13.8 Å². The second kappa shape index (κ2) is 7.78. The molecule has 4 rings (SSSR count). The number of benzene rings is 1. The lowest BCUT2D eigenvalue weighted by Crippen LogP contribution is -2.05. The maximum atomic E-state index is 12.6. The van der Waals surface area contributed by atoms with Crippen LogP contribution < -0.4 is 0 Å². The quantitative estimate of drug-likeness (QED) is 0.301. The topological polar surface area (TPSA) is 88.9 Å². The molecule has 1 aromatic carbocycles. The van der Waals surface area contributed by atoms with Gasteiger partial charge in [0.25, 0.3) is 11.1 Å². The summed E-state index contributed by atoms with van der Waals surface area (Å²) in [6.07, 6.45) is 0. The fraction of sp³-hybridized carbons (Fsp3) is 0.200. The molecule has 0 amide bonds. The van der Waals surface area contributed by atoms with Gasteiger partial charge in [0.2, 0.25) is 0 Å². The van der Waals surface area contributed by atoms with Crippen molar-refractivity contribution in [3.63, 3.8) is 0 Å². The van der Waals surface area contributed by atoms with Crippen LogP contribution in [-0.2, 0) is 0 Å². The van der Waals surface area contributed by atoms with Crippen molar-refractivity contribution < 1.29 is 14.0 Å². The van der Waals surface area contributed by atoms with E-state index in [2.05, 4.69) is 15.2 Å². The highest BCUT2D eigenvalue weighted by atomic mass is 35.5. The fourth-order valence-corrected chi connectivity index (χ4v) is 5.34. The SMILES string of the molecule is CC(=O)c1c(C)[nH]c(C(=O)CSc2nnc(-c3sc4ccccc4c3Cl)o2)c1C. The number of halogens is 1. The molecular formula is C20H16ClN3O3S2. The van der Waals surface area contributed by atoms with Gasteiger partial charge in [0.15, 0.2) is 11.6 Å². The summed E-state index contributed by atoms with van der Waals surface area (Å²) in [4.78, 5) is 28.1. The molecule has 0 fully saturated rings. The van der Waals surface area contributed by atoms with Gasteiger partial charge in [-0.25, -0.2) is 0 Å². The van der Waals surface area contributed by atoms with E-state index in [0.717, 1.165) is 21.8 Å². The molecule has 148 valence electrons. The summed E-state index contributed by atoms with van der Waals surface area (Å²) in [5.74, 6) is 0.240. The molecule has 4 aromatic rings. The number of fused-ring (bicyclic) bond motifs is 1. The normalized spacial score (nSPS) is 11.3. The van der Waals surface area contributed by atoms with Gasteiger partial charge in [0, 0.05) is 21.3 Å². The second-order valence-electron chi connectivity index (χ2n) is 6.51. The number of aryl methyl sites for hydroxylation is 1. The first kappa shape index (κ1) is 19.9. The van der Waals surface area contributed by atoms with E-state index in [9.17, 15) is 9.59 Å². The molecule has 0 aliphatic rings. The number of nitrogens with one attached hydrogen (secondary N) is 1. The van der Waals surface area contributed by atoms with Crippen LogP contribution in [0.25, 0.3) is 20.9 Å². The van der Waals surface area contributed by atoms with Crippen molar-refractivity contribution in [3.05, 3.63) is 51.8 Å². The minimum absolute atomic E-state index is 0.0651. The average Bonchev–Trinajstić information content (AvgIpc) is 3.36.